The number of nitriles is 1. The zero-order valence-electron chi connectivity index (χ0n) is 16.3. The minimum atomic E-state index is 0.123. The van der Waals surface area contributed by atoms with E-state index in [1.165, 1.54) is 12.7 Å². The number of methoxy groups -OCH3 is 2. The van der Waals surface area contributed by atoms with Gasteiger partial charge < -0.3 is 19.5 Å². The lowest BCUT2D eigenvalue weighted by molar-refractivity contribution is 0.135. The number of aliphatic hydroxyl groups is 1. The van der Waals surface area contributed by atoms with Crippen molar-refractivity contribution in [2.24, 2.45) is 0 Å². The van der Waals surface area contributed by atoms with Crippen molar-refractivity contribution in [2.75, 3.05) is 45.4 Å². The smallest absolute Gasteiger partial charge is 0.233 e. The fraction of sp³-hybridized carbons (Fsp3) is 0.429. The zero-order chi connectivity index (χ0) is 19.9. The molecular formula is C21H26N4O3. The maximum atomic E-state index is 9.58. The lowest BCUT2D eigenvalue weighted by Crippen LogP contribution is -2.53. The molecule has 1 aliphatic heterocycles. The lowest BCUT2D eigenvalue weighted by atomic mass is 10.1. The van der Waals surface area contributed by atoms with E-state index in [0.717, 1.165) is 37.6 Å². The van der Waals surface area contributed by atoms with E-state index in [1.807, 2.05) is 24.3 Å². The number of hydrogen-bond donors (Lipinski definition) is 1. The molecule has 1 atom stereocenters. The Labute approximate surface area is 165 Å². The van der Waals surface area contributed by atoms with Crippen molar-refractivity contribution < 1.29 is 14.6 Å². The highest BCUT2D eigenvalue weighted by atomic mass is 16.5. The molecule has 7 heteroatoms. The second kappa shape index (κ2) is 9.40. The summed E-state index contributed by atoms with van der Waals surface area (Å²) in [5, 5.41) is 19.1. The first-order valence-corrected chi connectivity index (χ1v) is 9.36. The average molecular weight is 382 g/mol. The number of aliphatic hydroxyl groups excluding tert-OH is 1. The van der Waals surface area contributed by atoms with Gasteiger partial charge in [-0.2, -0.15) is 5.26 Å². The highest BCUT2D eigenvalue weighted by Gasteiger charge is 2.28. The van der Waals surface area contributed by atoms with Gasteiger partial charge in [0.25, 0.3) is 0 Å². The van der Waals surface area contributed by atoms with Crippen LogP contribution in [0.5, 0.6) is 11.6 Å². The van der Waals surface area contributed by atoms with E-state index in [9.17, 15) is 10.4 Å². The molecule has 1 aliphatic rings. The topological polar surface area (TPSA) is 81.8 Å². The van der Waals surface area contributed by atoms with Crippen LogP contribution in [0.15, 0.2) is 36.5 Å². The molecule has 0 spiro atoms. The number of aromatic nitrogens is 1. The van der Waals surface area contributed by atoms with E-state index in [-0.39, 0.29) is 12.6 Å². The fourth-order valence-electron chi connectivity index (χ4n) is 3.70. The van der Waals surface area contributed by atoms with E-state index in [1.54, 1.807) is 13.3 Å². The molecule has 1 fully saturated rings. The van der Waals surface area contributed by atoms with Gasteiger partial charge in [0.2, 0.25) is 5.88 Å². The normalized spacial score (nSPS) is 17.2. The molecule has 3 rings (SSSR count). The SMILES string of the molecule is COc1cccc(CN2CCN(c3ccnc(OC)c3C#N)CC2CCO)c1. The number of pyridine rings is 1. The second-order valence-electron chi connectivity index (χ2n) is 6.76. The van der Waals surface area contributed by atoms with Gasteiger partial charge in [-0.3, -0.25) is 4.90 Å². The van der Waals surface area contributed by atoms with Gasteiger partial charge in [0.15, 0.2) is 0 Å². The molecule has 28 heavy (non-hydrogen) atoms. The van der Waals surface area contributed by atoms with Crippen LogP contribution in [-0.4, -0.2) is 61.5 Å². The van der Waals surface area contributed by atoms with Crippen LogP contribution in [0.3, 0.4) is 0 Å². The lowest BCUT2D eigenvalue weighted by Gasteiger charge is -2.42. The molecule has 1 unspecified atom stereocenters. The van der Waals surface area contributed by atoms with Gasteiger partial charge in [0.1, 0.15) is 17.4 Å². The van der Waals surface area contributed by atoms with E-state index in [2.05, 4.69) is 26.9 Å². The van der Waals surface area contributed by atoms with E-state index in [4.69, 9.17) is 9.47 Å². The molecule has 0 amide bonds. The molecule has 2 heterocycles. The van der Waals surface area contributed by atoms with Gasteiger partial charge in [-0.15, -0.1) is 0 Å². The first-order valence-electron chi connectivity index (χ1n) is 9.36. The van der Waals surface area contributed by atoms with Crippen LogP contribution >= 0.6 is 0 Å². The summed E-state index contributed by atoms with van der Waals surface area (Å²) in [6, 6.07) is 12.3. The van der Waals surface area contributed by atoms with Gasteiger partial charge in [0.05, 0.1) is 19.9 Å². The number of piperazine rings is 1. The summed E-state index contributed by atoms with van der Waals surface area (Å²) in [5.41, 5.74) is 2.46. The highest BCUT2D eigenvalue weighted by Crippen LogP contribution is 2.29. The number of anilines is 1. The summed E-state index contributed by atoms with van der Waals surface area (Å²) in [4.78, 5) is 8.70. The van der Waals surface area contributed by atoms with Gasteiger partial charge in [0, 0.05) is 45.0 Å². The number of ether oxygens (including phenoxy) is 2. The molecular weight excluding hydrogens is 356 g/mol. The first-order chi connectivity index (χ1) is 13.7. The third-order valence-electron chi connectivity index (χ3n) is 5.13. The number of benzene rings is 1. The van der Waals surface area contributed by atoms with Crippen LogP contribution in [0, 0.1) is 11.3 Å². The molecule has 0 bridgehead atoms. The van der Waals surface area contributed by atoms with Crippen LogP contribution in [-0.2, 0) is 6.54 Å². The predicted molar refractivity (Wildman–Crippen MR) is 107 cm³/mol. The van der Waals surface area contributed by atoms with Gasteiger partial charge in [-0.1, -0.05) is 12.1 Å². The summed E-state index contributed by atoms with van der Waals surface area (Å²) in [6.45, 7) is 3.26. The maximum absolute atomic E-state index is 9.58. The van der Waals surface area contributed by atoms with Crippen LogP contribution in [0.2, 0.25) is 0 Å². The van der Waals surface area contributed by atoms with E-state index < -0.39 is 0 Å². The van der Waals surface area contributed by atoms with Gasteiger partial charge in [-0.25, -0.2) is 4.98 Å². The molecule has 0 saturated carbocycles. The zero-order valence-corrected chi connectivity index (χ0v) is 16.3. The van der Waals surface area contributed by atoms with Crippen LogP contribution in [0.1, 0.15) is 17.5 Å². The largest absolute Gasteiger partial charge is 0.497 e. The first kappa shape index (κ1) is 19.9. The number of hydrogen-bond acceptors (Lipinski definition) is 7. The monoisotopic (exact) mass is 382 g/mol. The Morgan fingerprint density at radius 1 is 1.25 bits per heavy atom. The summed E-state index contributed by atoms with van der Waals surface area (Å²) in [6.07, 6.45) is 2.34. The summed E-state index contributed by atoms with van der Waals surface area (Å²) in [5.74, 6) is 1.19. The van der Waals surface area contributed by atoms with Crippen molar-refractivity contribution in [3.05, 3.63) is 47.7 Å². The Bertz CT molecular complexity index is 837. The molecule has 148 valence electrons. The Balaban J connectivity index is 1.78. The molecule has 0 aliphatic carbocycles. The minimum absolute atomic E-state index is 0.123. The van der Waals surface area contributed by atoms with Crippen molar-refractivity contribution >= 4 is 5.69 Å². The summed E-state index contributed by atoms with van der Waals surface area (Å²) < 4.78 is 10.6. The van der Waals surface area contributed by atoms with Crippen LogP contribution in [0.4, 0.5) is 5.69 Å². The van der Waals surface area contributed by atoms with Gasteiger partial charge in [-0.05, 0) is 30.2 Å². The summed E-state index contributed by atoms with van der Waals surface area (Å²) >= 11 is 0. The molecule has 7 nitrogen and oxygen atoms in total. The average Bonchev–Trinajstić information content (AvgIpc) is 2.74. The molecule has 1 saturated heterocycles. The maximum Gasteiger partial charge on any atom is 0.233 e. The Morgan fingerprint density at radius 2 is 2.11 bits per heavy atom. The summed E-state index contributed by atoms with van der Waals surface area (Å²) in [7, 11) is 3.19. The quantitative estimate of drug-likeness (QED) is 0.785. The number of rotatable bonds is 7. The number of nitrogens with zero attached hydrogens (tertiary/aromatic N) is 4. The van der Waals surface area contributed by atoms with E-state index in [0.29, 0.717) is 17.9 Å². The van der Waals surface area contributed by atoms with Crippen molar-refractivity contribution in [3.63, 3.8) is 0 Å². The van der Waals surface area contributed by atoms with Crippen molar-refractivity contribution in [3.8, 4) is 17.7 Å². The van der Waals surface area contributed by atoms with Crippen molar-refractivity contribution in [1.29, 1.82) is 5.26 Å². The molecule has 2 aromatic rings. The standard InChI is InChI=1S/C21H26N4O3/c1-27-18-5-3-4-16(12-18)14-24-9-10-25(15-17(24)7-11-26)20-6-8-23-21(28-2)19(20)13-22/h3-6,8,12,17,26H,7,9-11,14-15H2,1-2H3. The van der Waals surface area contributed by atoms with Gasteiger partial charge >= 0.3 is 0 Å². The molecule has 1 aromatic heterocycles. The van der Waals surface area contributed by atoms with Crippen molar-refractivity contribution in [1.82, 2.24) is 9.88 Å². The minimum Gasteiger partial charge on any atom is -0.497 e. The van der Waals surface area contributed by atoms with Crippen molar-refractivity contribution in [2.45, 2.75) is 19.0 Å². The third kappa shape index (κ3) is 4.35. The second-order valence-corrected chi connectivity index (χ2v) is 6.76. The fourth-order valence-corrected chi connectivity index (χ4v) is 3.70. The highest BCUT2D eigenvalue weighted by molar-refractivity contribution is 5.63. The Kier molecular flexibility index (Phi) is 6.69. The predicted octanol–water partition coefficient (Wildman–Crippen LogP) is 2.04. The Morgan fingerprint density at radius 3 is 2.82 bits per heavy atom. The van der Waals surface area contributed by atoms with E-state index >= 15 is 0 Å². The third-order valence-corrected chi connectivity index (χ3v) is 5.13. The van der Waals surface area contributed by atoms with Crippen LogP contribution in [0.25, 0.3) is 0 Å². The molecule has 1 N–H and O–H groups in total. The van der Waals surface area contributed by atoms with Crippen LogP contribution < -0.4 is 14.4 Å². The molecule has 0 radical (unpaired) electrons. The Hall–Kier alpha value is -2.82. The molecule has 1 aromatic carbocycles.